The van der Waals surface area contributed by atoms with E-state index in [4.69, 9.17) is 10.5 Å². The number of likely N-dealkylation sites (tertiary alicyclic amines) is 1. The van der Waals surface area contributed by atoms with Crippen molar-refractivity contribution in [3.05, 3.63) is 28.2 Å². The van der Waals surface area contributed by atoms with E-state index in [1.165, 1.54) is 0 Å². The van der Waals surface area contributed by atoms with Gasteiger partial charge in [0.05, 0.1) is 12.7 Å². The van der Waals surface area contributed by atoms with E-state index in [0.29, 0.717) is 23.8 Å². The molecule has 1 fully saturated rings. The molecule has 118 valence electrons. The third-order valence-electron chi connectivity index (χ3n) is 4.02. The Morgan fingerprint density at radius 3 is 2.86 bits per heavy atom. The van der Waals surface area contributed by atoms with Gasteiger partial charge < -0.3 is 15.4 Å². The monoisotopic (exact) mass is 376 g/mol. The smallest absolute Gasteiger partial charge is 0.255 e. The number of rotatable bonds is 3. The molecule has 1 aromatic rings. The van der Waals surface area contributed by atoms with Crippen LogP contribution in [0.2, 0.25) is 0 Å². The average Bonchev–Trinajstić information content (AvgIpc) is 2.46. The van der Waals surface area contributed by atoms with E-state index in [1.807, 2.05) is 17.0 Å². The summed E-state index contributed by atoms with van der Waals surface area (Å²) in [5.74, 6) is 1.16. The molecular formula is C15H22BrClN2O2. The number of carbonyl (C=O) groups is 1. The van der Waals surface area contributed by atoms with Crippen LogP contribution in [0.3, 0.4) is 0 Å². The van der Waals surface area contributed by atoms with Crippen LogP contribution in [0.25, 0.3) is 0 Å². The average molecular weight is 378 g/mol. The highest BCUT2D eigenvalue weighted by atomic mass is 79.9. The number of carbonyl (C=O) groups excluding carboxylic acids is 1. The van der Waals surface area contributed by atoms with Gasteiger partial charge in [-0.2, -0.15) is 0 Å². The van der Waals surface area contributed by atoms with Crippen LogP contribution in [0.1, 0.15) is 30.1 Å². The van der Waals surface area contributed by atoms with Gasteiger partial charge in [0.2, 0.25) is 0 Å². The molecule has 0 saturated carbocycles. The van der Waals surface area contributed by atoms with E-state index in [1.54, 1.807) is 13.2 Å². The van der Waals surface area contributed by atoms with E-state index in [2.05, 4.69) is 22.9 Å². The van der Waals surface area contributed by atoms with Gasteiger partial charge in [-0.15, -0.1) is 12.4 Å². The second-order valence-electron chi connectivity index (χ2n) is 5.27. The number of nitrogens with two attached hydrogens (primary N) is 1. The lowest BCUT2D eigenvalue weighted by Gasteiger charge is -2.39. The number of hydrogen-bond donors (Lipinski definition) is 1. The van der Waals surface area contributed by atoms with Crippen molar-refractivity contribution in [1.29, 1.82) is 0 Å². The molecule has 6 heteroatoms. The van der Waals surface area contributed by atoms with Gasteiger partial charge in [0.15, 0.2) is 0 Å². The van der Waals surface area contributed by atoms with Crippen molar-refractivity contribution in [2.45, 2.75) is 25.8 Å². The van der Waals surface area contributed by atoms with Gasteiger partial charge in [-0.05, 0) is 52.9 Å². The number of halogens is 2. The molecule has 2 atom stereocenters. The quantitative estimate of drug-likeness (QED) is 0.880. The number of hydrogen-bond acceptors (Lipinski definition) is 3. The molecule has 1 aromatic carbocycles. The number of nitrogens with zero attached hydrogens (tertiary/aromatic N) is 1. The van der Waals surface area contributed by atoms with Crippen LogP contribution in [0, 0.1) is 5.92 Å². The van der Waals surface area contributed by atoms with Crippen LogP contribution in [0.5, 0.6) is 5.75 Å². The van der Waals surface area contributed by atoms with Gasteiger partial charge in [0, 0.05) is 23.6 Å². The van der Waals surface area contributed by atoms with Crippen molar-refractivity contribution in [2.75, 3.05) is 20.2 Å². The number of methoxy groups -OCH3 is 1. The topological polar surface area (TPSA) is 55.6 Å². The van der Waals surface area contributed by atoms with Gasteiger partial charge >= 0.3 is 0 Å². The first-order valence-corrected chi connectivity index (χ1v) is 7.72. The fraction of sp³-hybridized carbons (Fsp3) is 0.533. The Hall–Kier alpha value is -0.780. The Morgan fingerprint density at radius 1 is 1.52 bits per heavy atom. The van der Waals surface area contributed by atoms with Gasteiger partial charge in [-0.25, -0.2) is 0 Å². The molecular weight excluding hydrogens is 356 g/mol. The molecule has 1 amide bonds. The predicted octanol–water partition coefficient (Wildman–Crippen LogP) is 3.08. The maximum absolute atomic E-state index is 12.8. The van der Waals surface area contributed by atoms with E-state index in [0.717, 1.165) is 23.9 Å². The summed E-state index contributed by atoms with van der Waals surface area (Å²) < 4.78 is 5.99. The molecule has 1 aliphatic rings. The largest absolute Gasteiger partial charge is 0.497 e. The minimum absolute atomic E-state index is 0. The highest BCUT2D eigenvalue weighted by Crippen LogP contribution is 2.28. The van der Waals surface area contributed by atoms with Crippen molar-refractivity contribution < 1.29 is 9.53 Å². The van der Waals surface area contributed by atoms with Crippen LogP contribution in [-0.4, -0.2) is 37.0 Å². The number of ether oxygens (including phenoxy) is 1. The normalized spacial score (nSPS) is 21.6. The standard InChI is InChI=1S/C15H21BrN2O2.ClH/c1-10-4-3-7-18(14(10)9-17)15(19)12-8-11(20-2)5-6-13(12)16;/h5-6,8,10,14H,3-4,7,9,17H2,1-2H3;1H. The van der Waals surface area contributed by atoms with Crippen LogP contribution >= 0.6 is 28.3 Å². The summed E-state index contributed by atoms with van der Waals surface area (Å²) in [6.45, 7) is 3.45. The Kier molecular flexibility index (Phi) is 6.97. The lowest BCUT2D eigenvalue weighted by molar-refractivity contribution is 0.0531. The van der Waals surface area contributed by atoms with Crippen molar-refractivity contribution in [3.63, 3.8) is 0 Å². The molecule has 0 radical (unpaired) electrons. The highest BCUT2D eigenvalue weighted by Gasteiger charge is 2.32. The molecule has 0 bridgehead atoms. The van der Waals surface area contributed by atoms with Crippen LogP contribution in [0.15, 0.2) is 22.7 Å². The zero-order valence-corrected chi connectivity index (χ0v) is 14.7. The second kappa shape index (κ2) is 8.01. The van der Waals surface area contributed by atoms with E-state index in [9.17, 15) is 4.79 Å². The molecule has 0 spiro atoms. The maximum Gasteiger partial charge on any atom is 0.255 e. The van der Waals surface area contributed by atoms with Crippen LogP contribution in [0.4, 0.5) is 0 Å². The van der Waals surface area contributed by atoms with E-state index < -0.39 is 0 Å². The summed E-state index contributed by atoms with van der Waals surface area (Å²) in [6.07, 6.45) is 2.16. The summed E-state index contributed by atoms with van der Waals surface area (Å²) in [5, 5.41) is 0. The minimum atomic E-state index is 0. The summed E-state index contributed by atoms with van der Waals surface area (Å²) in [4.78, 5) is 14.7. The Morgan fingerprint density at radius 2 is 2.24 bits per heavy atom. The number of benzene rings is 1. The first-order valence-electron chi connectivity index (χ1n) is 6.93. The molecule has 4 nitrogen and oxygen atoms in total. The van der Waals surface area contributed by atoms with Crippen molar-refractivity contribution >= 4 is 34.2 Å². The van der Waals surface area contributed by atoms with Gasteiger partial charge in [-0.3, -0.25) is 4.79 Å². The highest BCUT2D eigenvalue weighted by molar-refractivity contribution is 9.10. The Bertz CT molecular complexity index is 499. The fourth-order valence-electron chi connectivity index (χ4n) is 2.81. The van der Waals surface area contributed by atoms with E-state index in [-0.39, 0.29) is 24.4 Å². The third-order valence-corrected chi connectivity index (χ3v) is 4.71. The first kappa shape index (κ1) is 18.3. The minimum Gasteiger partial charge on any atom is -0.497 e. The van der Waals surface area contributed by atoms with Crippen molar-refractivity contribution in [3.8, 4) is 5.75 Å². The fourth-order valence-corrected chi connectivity index (χ4v) is 3.23. The maximum atomic E-state index is 12.8. The molecule has 1 heterocycles. The lowest BCUT2D eigenvalue weighted by atomic mass is 9.90. The molecule has 2 unspecified atom stereocenters. The van der Waals surface area contributed by atoms with E-state index >= 15 is 0 Å². The van der Waals surface area contributed by atoms with Crippen molar-refractivity contribution in [1.82, 2.24) is 4.90 Å². The van der Waals surface area contributed by atoms with Crippen LogP contribution < -0.4 is 10.5 Å². The number of piperidine rings is 1. The molecule has 21 heavy (non-hydrogen) atoms. The summed E-state index contributed by atoms with van der Waals surface area (Å²) >= 11 is 3.45. The zero-order chi connectivity index (χ0) is 14.7. The lowest BCUT2D eigenvalue weighted by Crippen LogP contribution is -2.51. The second-order valence-corrected chi connectivity index (χ2v) is 6.12. The third kappa shape index (κ3) is 3.90. The molecule has 0 aromatic heterocycles. The molecule has 1 saturated heterocycles. The first-order chi connectivity index (χ1) is 9.58. The summed E-state index contributed by atoms with van der Waals surface area (Å²) in [5.41, 5.74) is 6.50. The molecule has 0 aliphatic carbocycles. The molecule has 1 aliphatic heterocycles. The van der Waals surface area contributed by atoms with Crippen molar-refractivity contribution in [2.24, 2.45) is 11.7 Å². The Balaban J connectivity index is 0.00000220. The van der Waals surface area contributed by atoms with Crippen LogP contribution in [-0.2, 0) is 0 Å². The SMILES string of the molecule is COc1ccc(Br)c(C(=O)N2CCCC(C)C2CN)c1.Cl. The summed E-state index contributed by atoms with van der Waals surface area (Å²) in [6, 6.07) is 5.57. The molecule has 2 rings (SSSR count). The summed E-state index contributed by atoms with van der Waals surface area (Å²) in [7, 11) is 1.60. The Labute approximate surface area is 140 Å². The predicted molar refractivity (Wildman–Crippen MR) is 90.2 cm³/mol. The van der Waals surface area contributed by atoms with Gasteiger partial charge in [-0.1, -0.05) is 6.92 Å². The number of amides is 1. The van der Waals surface area contributed by atoms with Gasteiger partial charge in [0.25, 0.3) is 5.91 Å². The van der Waals surface area contributed by atoms with Gasteiger partial charge in [0.1, 0.15) is 5.75 Å². The molecule has 2 N–H and O–H groups in total. The zero-order valence-electron chi connectivity index (χ0n) is 12.3.